The van der Waals surface area contributed by atoms with Gasteiger partial charge in [0.15, 0.2) is 0 Å². The molecule has 0 aromatic carbocycles. The Hall–Kier alpha value is -0.610. The van der Waals surface area contributed by atoms with Crippen molar-refractivity contribution in [2.75, 3.05) is 26.2 Å². The van der Waals surface area contributed by atoms with Gasteiger partial charge in [-0.05, 0) is 37.8 Å². The van der Waals surface area contributed by atoms with Crippen LogP contribution in [0, 0.1) is 11.8 Å². The minimum absolute atomic E-state index is 0.125. The van der Waals surface area contributed by atoms with Gasteiger partial charge in [0.2, 0.25) is 0 Å². The lowest BCUT2D eigenvalue weighted by Crippen LogP contribution is -2.38. The molecule has 20 heavy (non-hydrogen) atoms. The Morgan fingerprint density at radius 1 is 1.15 bits per heavy atom. The van der Waals surface area contributed by atoms with Gasteiger partial charge in [0.25, 0.3) is 0 Å². The molecule has 0 heterocycles. The van der Waals surface area contributed by atoms with E-state index in [1.54, 1.807) is 0 Å². The number of carbonyl (C=O) groups is 1. The molecule has 0 aromatic rings. The van der Waals surface area contributed by atoms with Gasteiger partial charge in [-0.15, -0.1) is 0 Å². The smallest absolute Gasteiger partial charge is 0.323 e. The van der Waals surface area contributed by atoms with Gasteiger partial charge in [-0.1, -0.05) is 41.0 Å². The molecular weight excluding hydrogens is 252 g/mol. The number of hydrogen-bond acceptors (Lipinski definition) is 4. The van der Waals surface area contributed by atoms with Gasteiger partial charge in [-0.2, -0.15) is 0 Å². The van der Waals surface area contributed by atoms with Gasteiger partial charge >= 0.3 is 5.97 Å². The minimum atomic E-state index is -0.505. The first-order chi connectivity index (χ1) is 9.42. The van der Waals surface area contributed by atoms with Gasteiger partial charge in [0.05, 0.1) is 0 Å². The highest BCUT2D eigenvalue weighted by molar-refractivity contribution is 5.75. The van der Waals surface area contributed by atoms with Crippen molar-refractivity contribution < 1.29 is 9.53 Å². The zero-order valence-electron chi connectivity index (χ0n) is 14.0. The number of carbonyl (C=O) groups excluding carboxylic acids is 1. The third-order valence-corrected chi connectivity index (χ3v) is 3.82. The van der Waals surface area contributed by atoms with E-state index in [9.17, 15) is 4.79 Å². The molecule has 4 heteroatoms. The van der Waals surface area contributed by atoms with Crippen molar-refractivity contribution >= 4 is 5.97 Å². The molecule has 120 valence electrons. The fourth-order valence-electron chi connectivity index (χ4n) is 1.90. The van der Waals surface area contributed by atoms with Crippen molar-refractivity contribution in [3.05, 3.63) is 0 Å². The summed E-state index contributed by atoms with van der Waals surface area (Å²) in [4.78, 5) is 14.0. The van der Waals surface area contributed by atoms with Crippen LogP contribution in [0.15, 0.2) is 0 Å². The van der Waals surface area contributed by atoms with Crippen molar-refractivity contribution in [3.63, 3.8) is 0 Å². The highest BCUT2D eigenvalue weighted by Gasteiger charge is 2.18. The van der Waals surface area contributed by atoms with E-state index < -0.39 is 6.04 Å². The summed E-state index contributed by atoms with van der Waals surface area (Å²) in [7, 11) is 0. The Morgan fingerprint density at radius 3 is 2.30 bits per heavy atom. The van der Waals surface area contributed by atoms with Gasteiger partial charge < -0.3 is 10.5 Å². The number of ether oxygens (including phenoxy) is 1. The molecule has 0 aliphatic carbocycles. The average molecular weight is 286 g/mol. The molecule has 0 radical (unpaired) electrons. The number of esters is 1. The van der Waals surface area contributed by atoms with Crippen LogP contribution in [0.2, 0.25) is 0 Å². The zero-order chi connectivity index (χ0) is 15.5. The summed E-state index contributed by atoms with van der Waals surface area (Å²) in [6, 6.07) is -0.505. The highest BCUT2D eigenvalue weighted by Crippen LogP contribution is 2.08. The lowest BCUT2D eigenvalue weighted by Gasteiger charge is -2.23. The average Bonchev–Trinajstić information content (AvgIpc) is 2.42. The molecular formula is C16H34N2O2. The van der Waals surface area contributed by atoms with Gasteiger partial charge in [0.1, 0.15) is 12.6 Å². The van der Waals surface area contributed by atoms with Crippen LogP contribution in [0.4, 0.5) is 0 Å². The molecule has 0 rings (SSSR count). The van der Waals surface area contributed by atoms with E-state index in [1.165, 1.54) is 12.8 Å². The van der Waals surface area contributed by atoms with Crippen LogP contribution in [-0.2, 0) is 9.53 Å². The molecule has 0 aliphatic rings. The SMILES string of the molecule is CCCN(CCOC(=O)C(N)C(C)C)CCC(C)CC. The van der Waals surface area contributed by atoms with Crippen molar-refractivity contribution in [3.8, 4) is 0 Å². The molecule has 0 fully saturated rings. The fraction of sp³-hybridized carbons (Fsp3) is 0.938. The fourth-order valence-corrected chi connectivity index (χ4v) is 1.90. The molecule has 0 aromatic heterocycles. The first-order valence-corrected chi connectivity index (χ1v) is 8.06. The Kier molecular flexibility index (Phi) is 10.8. The third kappa shape index (κ3) is 8.54. The van der Waals surface area contributed by atoms with Gasteiger partial charge in [0, 0.05) is 6.54 Å². The number of rotatable bonds is 11. The second-order valence-electron chi connectivity index (χ2n) is 6.08. The topological polar surface area (TPSA) is 55.6 Å². The van der Waals surface area contributed by atoms with Crippen LogP contribution < -0.4 is 5.73 Å². The van der Waals surface area contributed by atoms with Crippen LogP contribution >= 0.6 is 0 Å². The molecule has 0 spiro atoms. The van der Waals surface area contributed by atoms with E-state index in [1.807, 2.05) is 13.8 Å². The Labute approximate surface area is 125 Å². The van der Waals surface area contributed by atoms with E-state index in [2.05, 4.69) is 25.7 Å². The first-order valence-electron chi connectivity index (χ1n) is 8.06. The maximum absolute atomic E-state index is 11.7. The second kappa shape index (κ2) is 11.1. The summed E-state index contributed by atoms with van der Waals surface area (Å²) < 4.78 is 5.27. The third-order valence-electron chi connectivity index (χ3n) is 3.82. The van der Waals surface area contributed by atoms with Gasteiger partial charge in [-0.3, -0.25) is 9.69 Å². The summed E-state index contributed by atoms with van der Waals surface area (Å²) in [6.07, 6.45) is 3.55. The minimum Gasteiger partial charge on any atom is -0.463 e. The van der Waals surface area contributed by atoms with Crippen LogP contribution in [-0.4, -0.2) is 43.2 Å². The number of nitrogens with zero attached hydrogens (tertiary/aromatic N) is 1. The molecule has 2 atom stereocenters. The highest BCUT2D eigenvalue weighted by atomic mass is 16.5. The van der Waals surface area contributed by atoms with E-state index in [0.717, 1.165) is 32.0 Å². The quantitative estimate of drug-likeness (QED) is 0.593. The lowest BCUT2D eigenvalue weighted by molar-refractivity contribution is -0.146. The van der Waals surface area contributed by atoms with Crippen molar-refractivity contribution in [1.82, 2.24) is 4.90 Å². The standard InChI is InChI=1S/C16H34N2O2/c1-6-9-18(10-8-14(5)7-2)11-12-20-16(19)15(17)13(3)4/h13-15H,6-12,17H2,1-5H3. The molecule has 0 bridgehead atoms. The van der Waals surface area contributed by atoms with Crippen molar-refractivity contribution in [2.45, 2.75) is 59.9 Å². The largest absolute Gasteiger partial charge is 0.463 e. The van der Waals surface area contributed by atoms with E-state index in [0.29, 0.717) is 6.61 Å². The summed E-state index contributed by atoms with van der Waals surface area (Å²) in [6.45, 7) is 13.9. The van der Waals surface area contributed by atoms with Crippen LogP contribution in [0.25, 0.3) is 0 Å². The predicted octanol–water partition coefficient (Wildman–Crippen LogP) is 2.66. The maximum atomic E-state index is 11.7. The lowest BCUT2D eigenvalue weighted by atomic mass is 10.1. The summed E-state index contributed by atoms with van der Waals surface area (Å²) in [5.74, 6) is 0.601. The van der Waals surface area contributed by atoms with Crippen LogP contribution in [0.3, 0.4) is 0 Å². The van der Waals surface area contributed by atoms with E-state index in [-0.39, 0.29) is 11.9 Å². The Morgan fingerprint density at radius 2 is 1.80 bits per heavy atom. The predicted molar refractivity (Wildman–Crippen MR) is 84.6 cm³/mol. The van der Waals surface area contributed by atoms with E-state index in [4.69, 9.17) is 10.5 Å². The maximum Gasteiger partial charge on any atom is 0.323 e. The molecule has 2 unspecified atom stereocenters. The number of hydrogen-bond donors (Lipinski definition) is 1. The number of nitrogens with two attached hydrogens (primary N) is 1. The summed E-state index contributed by atoms with van der Waals surface area (Å²) >= 11 is 0. The molecule has 0 saturated carbocycles. The molecule has 0 amide bonds. The second-order valence-corrected chi connectivity index (χ2v) is 6.08. The van der Waals surface area contributed by atoms with Gasteiger partial charge in [-0.25, -0.2) is 0 Å². The summed E-state index contributed by atoms with van der Waals surface area (Å²) in [5.41, 5.74) is 5.76. The Bertz CT molecular complexity index is 257. The first kappa shape index (κ1) is 19.4. The normalized spacial score (nSPS) is 14.6. The Balaban J connectivity index is 3.99. The van der Waals surface area contributed by atoms with Crippen LogP contribution in [0.1, 0.15) is 53.9 Å². The van der Waals surface area contributed by atoms with Crippen molar-refractivity contribution in [2.24, 2.45) is 17.6 Å². The summed E-state index contributed by atoms with van der Waals surface area (Å²) in [5, 5.41) is 0. The van der Waals surface area contributed by atoms with E-state index >= 15 is 0 Å². The molecule has 4 nitrogen and oxygen atoms in total. The van der Waals surface area contributed by atoms with Crippen LogP contribution in [0.5, 0.6) is 0 Å². The molecule has 0 saturated heterocycles. The zero-order valence-corrected chi connectivity index (χ0v) is 14.0. The monoisotopic (exact) mass is 286 g/mol. The molecule has 0 aliphatic heterocycles. The molecule has 2 N–H and O–H groups in total. The van der Waals surface area contributed by atoms with Crippen molar-refractivity contribution in [1.29, 1.82) is 0 Å².